The van der Waals surface area contributed by atoms with Crippen molar-refractivity contribution in [2.45, 2.75) is 140 Å². The average molecular weight is 688 g/mol. The lowest BCUT2D eigenvalue weighted by Gasteiger charge is -2.18. The lowest BCUT2D eigenvalue weighted by atomic mass is 10.0. The summed E-state index contributed by atoms with van der Waals surface area (Å²) in [5.74, 6) is 2.07. The van der Waals surface area contributed by atoms with Crippen LogP contribution in [0.2, 0.25) is 0 Å². The van der Waals surface area contributed by atoms with Crippen molar-refractivity contribution in [1.29, 1.82) is 0 Å². The van der Waals surface area contributed by atoms with Crippen LogP contribution in [0.4, 0.5) is 4.39 Å². The van der Waals surface area contributed by atoms with Gasteiger partial charge in [-0.15, -0.1) is 0 Å². The number of ether oxygens (including phenoxy) is 1. The zero-order chi connectivity index (χ0) is 37.8. The number of benzene rings is 2. The van der Waals surface area contributed by atoms with Crippen molar-refractivity contribution in [3.8, 4) is 5.75 Å². The van der Waals surface area contributed by atoms with E-state index in [1.807, 2.05) is 48.5 Å². The highest BCUT2D eigenvalue weighted by atomic mass is 19.1. The van der Waals surface area contributed by atoms with Gasteiger partial charge in [0.2, 0.25) is 11.8 Å². The van der Waals surface area contributed by atoms with Gasteiger partial charge in [-0.05, 0) is 74.6 Å². The maximum Gasteiger partial charge on any atom is 0.239 e. The molecule has 2 aliphatic rings. The van der Waals surface area contributed by atoms with Gasteiger partial charge in [0.05, 0.1) is 12.6 Å². The molecule has 2 aromatic carbocycles. The molecule has 1 saturated carbocycles. The van der Waals surface area contributed by atoms with Gasteiger partial charge in [-0.1, -0.05) is 112 Å². The number of halogens is 1. The quantitative estimate of drug-likeness (QED) is 0.183. The second kappa shape index (κ2) is 29.6. The first-order valence-corrected chi connectivity index (χ1v) is 18.8. The fourth-order valence-corrected chi connectivity index (χ4v) is 4.45. The maximum absolute atomic E-state index is 12.1. The lowest BCUT2D eigenvalue weighted by molar-refractivity contribution is -0.125. The van der Waals surface area contributed by atoms with E-state index >= 15 is 0 Å². The summed E-state index contributed by atoms with van der Waals surface area (Å²) in [5, 5.41) is 8.82. The van der Waals surface area contributed by atoms with Crippen molar-refractivity contribution in [3.05, 3.63) is 65.0 Å². The van der Waals surface area contributed by atoms with Crippen molar-refractivity contribution in [2.24, 2.45) is 11.8 Å². The van der Waals surface area contributed by atoms with Crippen LogP contribution >= 0.6 is 0 Å². The van der Waals surface area contributed by atoms with Gasteiger partial charge in [-0.2, -0.15) is 0 Å². The summed E-state index contributed by atoms with van der Waals surface area (Å²) in [4.78, 5) is 34.8. The van der Waals surface area contributed by atoms with E-state index in [1.165, 1.54) is 24.1 Å². The number of carbonyl (C=O) groups excluding carboxylic acids is 3. The Hall–Kier alpha value is -3.26. The molecule has 2 atom stereocenters. The fraction of sp³-hybridized carbons (Fsp3) is 0.634. The normalized spacial score (nSPS) is 14.0. The van der Waals surface area contributed by atoms with Crippen molar-refractivity contribution in [1.82, 2.24) is 16.0 Å². The molecule has 1 aliphatic carbocycles. The molecule has 0 bridgehead atoms. The molecule has 8 heteroatoms. The minimum atomic E-state index is -0.173. The van der Waals surface area contributed by atoms with E-state index in [-0.39, 0.29) is 42.1 Å². The van der Waals surface area contributed by atoms with Crippen LogP contribution in [0.3, 0.4) is 0 Å². The van der Waals surface area contributed by atoms with Gasteiger partial charge < -0.3 is 20.7 Å². The molecule has 2 aromatic rings. The molecule has 7 nitrogen and oxygen atoms in total. The molecule has 280 valence electrons. The van der Waals surface area contributed by atoms with Crippen LogP contribution < -0.4 is 20.7 Å². The Morgan fingerprint density at radius 2 is 1.49 bits per heavy atom. The summed E-state index contributed by atoms with van der Waals surface area (Å²) >= 11 is 0. The van der Waals surface area contributed by atoms with E-state index in [9.17, 15) is 18.8 Å². The number of aryl methyl sites for hydroxylation is 2. The Morgan fingerprint density at radius 3 is 1.98 bits per heavy atom. The summed E-state index contributed by atoms with van der Waals surface area (Å²) in [7, 11) is 0. The molecule has 2 unspecified atom stereocenters. The first-order chi connectivity index (χ1) is 23.5. The molecule has 0 saturated heterocycles. The van der Waals surface area contributed by atoms with Crippen molar-refractivity contribution in [2.75, 3.05) is 19.6 Å². The molecule has 1 heterocycles. The van der Waals surface area contributed by atoms with Crippen LogP contribution in [0, 0.1) is 24.6 Å². The van der Waals surface area contributed by atoms with Gasteiger partial charge in [-0.3, -0.25) is 14.4 Å². The Kier molecular flexibility index (Phi) is 28.9. The summed E-state index contributed by atoms with van der Waals surface area (Å²) in [6.07, 6.45) is 6.44. The van der Waals surface area contributed by atoms with E-state index in [1.54, 1.807) is 26.0 Å². The molecule has 0 aromatic heterocycles. The SMILES string of the molecule is CC.CC.CC.CCC(=O)NCC(=O)NCCCc1cccc2c1OC(CNC(C(C)=O)C1CC1)C2.CCC(C)C.Cc1ccc(F)cc1. The highest BCUT2D eigenvalue weighted by Gasteiger charge is 2.35. The summed E-state index contributed by atoms with van der Waals surface area (Å²) in [5.41, 5.74) is 3.44. The highest BCUT2D eigenvalue weighted by molar-refractivity contribution is 5.84. The Labute approximate surface area is 299 Å². The van der Waals surface area contributed by atoms with Gasteiger partial charge in [0, 0.05) is 25.9 Å². The van der Waals surface area contributed by atoms with E-state index < -0.39 is 0 Å². The number of fused-ring (bicyclic) bond motifs is 1. The predicted octanol–water partition coefficient (Wildman–Crippen LogP) is 8.79. The maximum atomic E-state index is 12.1. The molecule has 1 aliphatic heterocycles. The van der Waals surface area contributed by atoms with Crippen LogP contribution in [0.5, 0.6) is 5.75 Å². The number of amides is 2. The fourth-order valence-electron chi connectivity index (χ4n) is 4.45. The number of Topliss-reactive ketones (excluding diaryl/α,β-unsaturated/α-hetero) is 1. The van der Waals surface area contributed by atoms with E-state index in [0.29, 0.717) is 25.4 Å². The van der Waals surface area contributed by atoms with E-state index in [0.717, 1.165) is 54.9 Å². The first kappa shape index (κ1) is 47.9. The van der Waals surface area contributed by atoms with Crippen LogP contribution in [-0.2, 0) is 27.2 Å². The standard InChI is InChI=1S/C23H33N3O4.C7H7F.C5H12.3C2H6/c1-3-20(28)25-14-21(29)24-11-5-8-17-6-4-7-18-12-19(30-23(17)18)13-26-22(15(2)27)16-9-10-16;1-6-2-4-7(8)5-3-6;1-4-5(2)3;3*1-2/h4,6-7,16,19,22,26H,3,5,8-14H2,1-2H3,(H,24,29)(H,25,28);2-5H,1H3;5H,4H2,1-3H3;3*1-2H3. The lowest BCUT2D eigenvalue weighted by Crippen LogP contribution is -2.42. The molecule has 1 fully saturated rings. The number of hydrogen-bond donors (Lipinski definition) is 3. The number of carbonyl (C=O) groups is 3. The zero-order valence-electron chi connectivity index (χ0n) is 32.9. The Bertz CT molecular complexity index is 1130. The summed E-state index contributed by atoms with van der Waals surface area (Å²) in [6.45, 7) is 25.2. The van der Waals surface area contributed by atoms with Crippen molar-refractivity contribution >= 4 is 17.6 Å². The van der Waals surface area contributed by atoms with Crippen molar-refractivity contribution in [3.63, 3.8) is 0 Å². The number of hydrogen-bond acceptors (Lipinski definition) is 5. The Morgan fingerprint density at radius 1 is 0.898 bits per heavy atom. The Balaban J connectivity index is 0. The number of rotatable bonds is 13. The number of ketones is 1. The van der Waals surface area contributed by atoms with Crippen LogP contribution in [-0.4, -0.2) is 49.4 Å². The summed E-state index contributed by atoms with van der Waals surface area (Å²) in [6, 6.07) is 12.6. The highest BCUT2D eigenvalue weighted by Crippen LogP contribution is 2.35. The van der Waals surface area contributed by atoms with E-state index in [2.05, 4.69) is 54.9 Å². The zero-order valence-corrected chi connectivity index (χ0v) is 32.9. The van der Waals surface area contributed by atoms with Gasteiger partial charge in [0.1, 0.15) is 23.5 Å². The molecule has 49 heavy (non-hydrogen) atoms. The van der Waals surface area contributed by atoms with Crippen molar-refractivity contribution < 1.29 is 23.5 Å². The molecular formula is C41H70FN3O4. The number of para-hydroxylation sites is 1. The third kappa shape index (κ3) is 22.2. The topological polar surface area (TPSA) is 96.5 Å². The molecule has 0 radical (unpaired) electrons. The first-order valence-electron chi connectivity index (χ1n) is 18.8. The van der Waals surface area contributed by atoms with Crippen LogP contribution in [0.1, 0.15) is 125 Å². The van der Waals surface area contributed by atoms with E-state index in [4.69, 9.17) is 4.74 Å². The van der Waals surface area contributed by atoms with Gasteiger partial charge in [0.15, 0.2) is 0 Å². The molecule has 3 N–H and O–H groups in total. The average Bonchev–Trinajstić information content (AvgIpc) is 3.87. The minimum Gasteiger partial charge on any atom is -0.488 e. The molecule has 0 spiro atoms. The van der Waals surface area contributed by atoms with Crippen LogP contribution in [0.15, 0.2) is 42.5 Å². The second-order valence-corrected chi connectivity index (χ2v) is 11.9. The molecule has 4 rings (SSSR count). The van der Waals surface area contributed by atoms with Gasteiger partial charge in [0.25, 0.3) is 0 Å². The molecule has 2 amide bonds. The third-order valence-electron chi connectivity index (χ3n) is 7.55. The van der Waals surface area contributed by atoms with Crippen LogP contribution in [0.25, 0.3) is 0 Å². The monoisotopic (exact) mass is 688 g/mol. The van der Waals surface area contributed by atoms with Gasteiger partial charge in [-0.25, -0.2) is 4.39 Å². The van der Waals surface area contributed by atoms with Gasteiger partial charge >= 0.3 is 0 Å². The third-order valence-corrected chi connectivity index (χ3v) is 7.55. The summed E-state index contributed by atoms with van der Waals surface area (Å²) < 4.78 is 18.3. The largest absolute Gasteiger partial charge is 0.488 e. The second-order valence-electron chi connectivity index (χ2n) is 11.9. The predicted molar refractivity (Wildman–Crippen MR) is 205 cm³/mol. The smallest absolute Gasteiger partial charge is 0.239 e. The number of nitrogens with one attached hydrogen (secondary N) is 3. The molecular weight excluding hydrogens is 617 g/mol. The minimum absolute atomic E-state index is 0.0211.